The van der Waals surface area contributed by atoms with Crippen molar-refractivity contribution in [1.29, 1.82) is 0 Å². The molecule has 0 bridgehead atoms. The summed E-state index contributed by atoms with van der Waals surface area (Å²) in [7, 11) is 0. The van der Waals surface area contributed by atoms with E-state index in [1.165, 1.54) is 0 Å². The summed E-state index contributed by atoms with van der Waals surface area (Å²) in [5.74, 6) is -0.481. The molecule has 0 aliphatic carbocycles. The molecule has 1 aliphatic rings. The van der Waals surface area contributed by atoms with Gasteiger partial charge in [-0.3, -0.25) is 9.78 Å². The van der Waals surface area contributed by atoms with Gasteiger partial charge in [-0.25, -0.2) is 4.39 Å². The molecule has 5 nitrogen and oxygen atoms in total. The summed E-state index contributed by atoms with van der Waals surface area (Å²) in [5, 5.41) is 2.93. The Kier molecular flexibility index (Phi) is 6.52. The number of ether oxygens (including phenoxy) is 1. The number of carbonyl (C=O) groups is 1. The van der Waals surface area contributed by atoms with E-state index in [-0.39, 0.29) is 36.4 Å². The van der Waals surface area contributed by atoms with Gasteiger partial charge in [0.05, 0.1) is 12.2 Å². The molecule has 1 fully saturated rings. The summed E-state index contributed by atoms with van der Waals surface area (Å²) in [4.78, 5) is 18.5. The van der Waals surface area contributed by atoms with Gasteiger partial charge in [0.1, 0.15) is 5.82 Å². The molecule has 1 aliphatic heterocycles. The van der Waals surface area contributed by atoms with E-state index in [1.807, 2.05) is 46.8 Å². The van der Waals surface area contributed by atoms with E-state index < -0.39 is 0 Å². The number of benzene rings is 1. The molecule has 1 saturated heterocycles. The minimum absolute atomic E-state index is 0.0544. The van der Waals surface area contributed by atoms with Gasteiger partial charge in [-0.1, -0.05) is 13.8 Å². The highest BCUT2D eigenvalue weighted by molar-refractivity contribution is 5.79. The normalized spacial score (nSPS) is 19.5. The molecule has 2 aromatic rings. The summed E-state index contributed by atoms with van der Waals surface area (Å²) in [6.45, 7) is 11.3. The lowest BCUT2D eigenvalue weighted by Gasteiger charge is -2.37. The zero-order valence-corrected chi connectivity index (χ0v) is 17.8. The van der Waals surface area contributed by atoms with Crippen LogP contribution in [0.15, 0.2) is 30.5 Å². The lowest BCUT2D eigenvalue weighted by molar-refractivity contribution is -0.124. The lowest BCUT2D eigenvalue weighted by atomic mass is 9.97. The highest BCUT2D eigenvalue weighted by atomic mass is 19.1. The standard InChI is InChI=1S/C23H30FN3O2/c1-14(2)23(28)26-11-19-9-20(27-12-16(4)29-17(5)13-27)10-21(24)22(19)18-6-7-25-15(3)8-18/h6-10,14,16-17H,11-13H2,1-5H3,(H,26,28). The van der Waals surface area contributed by atoms with Crippen molar-refractivity contribution in [2.75, 3.05) is 18.0 Å². The molecule has 6 heteroatoms. The van der Waals surface area contributed by atoms with Crippen LogP contribution in [0.3, 0.4) is 0 Å². The van der Waals surface area contributed by atoms with Gasteiger partial charge in [0.2, 0.25) is 5.91 Å². The Bertz CT molecular complexity index is 874. The van der Waals surface area contributed by atoms with Crippen LogP contribution >= 0.6 is 0 Å². The fourth-order valence-electron chi connectivity index (χ4n) is 3.77. The van der Waals surface area contributed by atoms with Crippen LogP contribution < -0.4 is 10.2 Å². The van der Waals surface area contributed by atoms with Gasteiger partial charge in [0.15, 0.2) is 0 Å². The zero-order chi connectivity index (χ0) is 21.1. The van der Waals surface area contributed by atoms with Gasteiger partial charge < -0.3 is 15.0 Å². The van der Waals surface area contributed by atoms with Gasteiger partial charge in [0.25, 0.3) is 0 Å². The number of nitrogens with zero attached hydrogens (tertiary/aromatic N) is 2. The van der Waals surface area contributed by atoms with Crippen LogP contribution in [0.5, 0.6) is 0 Å². The maximum Gasteiger partial charge on any atom is 0.222 e. The number of rotatable bonds is 5. The number of nitrogens with one attached hydrogen (secondary N) is 1. The largest absolute Gasteiger partial charge is 0.372 e. The average molecular weight is 400 g/mol. The van der Waals surface area contributed by atoms with E-state index in [9.17, 15) is 4.79 Å². The minimum atomic E-state index is -0.298. The van der Waals surface area contributed by atoms with E-state index in [0.29, 0.717) is 18.7 Å². The third-order valence-corrected chi connectivity index (χ3v) is 5.10. The molecule has 0 radical (unpaired) electrons. The molecular formula is C23H30FN3O2. The van der Waals surface area contributed by atoms with Crippen molar-refractivity contribution in [2.45, 2.75) is 53.4 Å². The fraction of sp³-hybridized carbons (Fsp3) is 0.478. The van der Waals surface area contributed by atoms with Crippen molar-refractivity contribution >= 4 is 11.6 Å². The number of halogens is 1. The molecule has 1 aromatic heterocycles. The van der Waals surface area contributed by atoms with Crippen LogP contribution in [0.4, 0.5) is 10.1 Å². The lowest BCUT2D eigenvalue weighted by Crippen LogP contribution is -2.45. The maximum atomic E-state index is 15.4. The van der Waals surface area contributed by atoms with Gasteiger partial charge in [-0.2, -0.15) is 0 Å². The molecule has 0 spiro atoms. The van der Waals surface area contributed by atoms with Crippen molar-refractivity contribution < 1.29 is 13.9 Å². The van der Waals surface area contributed by atoms with Crippen LogP contribution in [0.2, 0.25) is 0 Å². The number of aryl methyl sites for hydroxylation is 1. The molecule has 3 rings (SSSR count). The number of pyridine rings is 1. The highest BCUT2D eigenvalue weighted by Crippen LogP contribution is 2.32. The predicted octanol–water partition coefficient (Wildman–Crippen LogP) is 4.08. The highest BCUT2D eigenvalue weighted by Gasteiger charge is 2.24. The second-order valence-electron chi connectivity index (χ2n) is 8.18. The first-order chi connectivity index (χ1) is 13.7. The summed E-state index contributed by atoms with van der Waals surface area (Å²) >= 11 is 0. The van der Waals surface area contributed by atoms with Crippen molar-refractivity contribution in [3.63, 3.8) is 0 Å². The maximum absolute atomic E-state index is 15.4. The smallest absolute Gasteiger partial charge is 0.222 e. The molecule has 0 saturated carbocycles. The fourth-order valence-corrected chi connectivity index (χ4v) is 3.77. The summed E-state index contributed by atoms with van der Waals surface area (Å²) in [6.07, 6.45) is 1.83. The first-order valence-electron chi connectivity index (χ1n) is 10.2. The Hall–Kier alpha value is -2.47. The summed E-state index contributed by atoms with van der Waals surface area (Å²) in [5.41, 5.74) is 3.66. The van der Waals surface area contributed by atoms with E-state index >= 15 is 4.39 Å². The number of carbonyl (C=O) groups excluding carboxylic acids is 1. The Morgan fingerprint density at radius 2 is 1.97 bits per heavy atom. The molecule has 2 heterocycles. The van der Waals surface area contributed by atoms with Gasteiger partial charge >= 0.3 is 0 Å². The van der Waals surface area contributed by atoms with Crippen LogP contribution in [0.1, 0.15) is 39.0 Å². The van der Waals surface area contributed by atoms with Crippen LogP contribution in [-0.2, 0) is 16.1 Å². The Morgan fingerprint density at radius 3 is 2.59 bits per heavy atom. The third kappa shape index (κ3) is 5.12. The van der Waals surface area contributed by atoms with Crippen molar-refractivity contribution in [3.8, 4) is 11.1 Å². The molecule has 2 atom stereocenters. The van der Waals surface area contributed by atoms with Crippen LogP contribution in [0, 0.1) is 18.7 Å². The Balaban J connectivity index is 2.02. The predicted molar refractivity (Wildman–Crippen MR) is 113 cm³/mol. The summed E-state index contributed by atoms with van der Waals surface area (Å²) < 4.78 is 21.2. The quantitative estimate of drug-likeness (QED) is 0.823. The second kappa shape index (κ2) is 8.91. The minimum Gasteiger partial charge on any atom is -0.372 e. The number of hydrogen-bond donors (Lipinski definition) is 1. The molecule has 2 unspecified atom stereocenters. The van der Waals surface area contributed by atoms with E-state index in [4.69, 9.17) is 4.74 Å². The molecule has 1 amide bonds. The Labute approximate surface area is 172 Å². The van der Waals surface area contributed by atoms with Crippen LogP contribution in [-0.4, -0.2) is 36.2 Å². The monoisotopic (exact) mass is 399 g/mol. The van der Waals surface area contributed by atoms with E-state index in [2.05, 4.69) is 15.2 Å². The summed E-state index contributed by atoms with van der Waals surface area (Å²) in [6, 6.07) is 7.24. The first-order valence-corrected chi connectivity index (χ1v) is 10.2. The van der Waals surface area contributed by atoms with Crippen molar-refractivity contribution in [2.24, 2.45) is 5.92 Å². The molecule has 29 heavy (non-hydrogen) atoms. The molecule has 156 valence electrons. The van der Waals surface area contributed by atoms with Crippen molar-refractivity contribution in [3.05, 3.63) is 47.5 Å². The molecular weight excluding hydrogens is 369 g/mol. The Morgan fingerprint density at radius 1 is 1.28 bits per heavy atom. The van der Waals surface area contributed by atoms with E-state index in [1.54, 1.807) is 18.3 Å². The van der Waals surface area contributed by atoms with Crippen LogP contribution in [0.25, 0.3) is 11.1 Å². The molecule has 1 aromatic carbocycles. The number of aromatic nitrogens is 1. The number of anilines is 1. The SMILES string of the molecule is Cc1cc(-c2c(F)cc(N3CC(C)OC(C)C3)cc2CNC(=O)C(C)C)ccn1. The van der Waals surface area contributed by atoms with Crippen molar-refractivity contribution in [1.82, 2.24) is 10.3 Å². The topological polar surface area (TPSA) is 54.5 Å². The number of amides is 1. The average Bonchev–Trinajstić information content (AvgIpc) is 2.64. The number of morpholine rings is 1. The number of hydrogen-bond acceptors (Lipinski definition) is 4. The molecule has 1 N–H and O–H groups in total. The zero-order valence-electron chi connectivity index (χ0n) is 17.8. The van der Waals surface area contributed by atoms with E-state index in [0.717, 1.165) is 22.5 Å². The van der Waals surface area contributed by atoms with Gasteiger partial charge in [0, 0.05) is 48.7 Å². The first kappa shape index (κ1) is 21.2. The third-order valence-electron chi connectivity index (χ3n) is 5.10. The van der Waals surface area contributed by atoms with Gasteiger partial charge in [-0.15, -0.1) is 0 Å². The second-order valence-corrected chi connectivity index (χ2v) is 8.18. The van der Waals surface area contributed by atoms with Gasteiger partial charge in [-0.05, 0) is 56.2 Å².